The highest BCUT2D eigenvalue weighted by Crippen LogP contribution is 2.68. The standard InChI is InChI=1S/C31H36NOP/c1-4-32-22-31-20-19-23(30(31,2)3)21-28(31)33-29(32)26-17-11-12-18-27(26)34(24-13-7-5-8-14-24)25-15-9-6-10-16-25/h5-18,23,28-29H,4,19-22H2,1-3H3/t23-,28-,29+,31-/m1/s1. The zero-order valence-corrected chi connectivity index (χ0v) is 21.5. The van der Waals surface area contributed by atoms with Gasteiger partial charge in [0.15, 0.2) is 0 Å². The predicted molar refractivity (Wildman–Crippen MR) is 144 cm³/mol. The molecule has 3 aromatic carbocycles. The number of fused-ring (bicyclic) bond motifs is 1. The second-order valence-corrected chi connectivity index (χ2v) is 13.1. The molecule has 1 aliphatic heterocycles. The maximum Gasteiger partial charge on any atom is 0.137 e. The Labute approximate surface area is 206 Å². The van der Waals surface area contributed by atoms with E-state index in [9.17, 15) is 0 Å². The van der Waals surface area contributed by atoms with Crippen molar-refractivity contribution >= 4 is 23.8 Å². The zero-order chi connectivity index (χ0) is 23.3. The van der Waals surface area contributed by atoms with E-state index in [0.717, 1.165) is 19.0 Å². The molecule has 0 N–H and O–H groups in total. The van der Waals surface area contributed by atoms with E-state index >= 15 is 0 Å². The first-order valence-corrected chi connectivity index (χ1v) is 14.3. The Morgan fingerprint density at radius 2 is 1.50 bits per heavy atom. The fourth-order valence-electron chi connectivity index (χ4n) is 7.28. The van der Waals surface area contributed by atoms with Gasteiger partial charge in [-0.05, 0) is 61.0 Å². The second kappa shape index (κ2) is 8.59. The molecular formula is C31H36NOP. The highest BCUT2D eigenvalue weighted by molar-refractivity contribution is 7.79. The summed E-state index contributed by atoms with van der Waals surface area (Å²) in [6.07, 6.45) is 4.33. The lowest BCUT2D eigenvalue weighted by Crippen LogP contribution is -2.56. The van der Waals surface area contributed by atoms with Gasteiger partial charge in [0.2, 0.25) is 0 Å². The van der Waals surface area contributed by atoms with E-state index in [1.807, 2.05) is 0 Å². The van der Waals surface area contributed by atoms with Crippen molar-refractivity contribution in [2.24, 2.45) is 16.7 Å². The summed E-state index contributed by atoms with van der Waals surface area (Å²) < 4.78 is 7.16. The van der Waals surface area contributed by atoms with Crippen LogP contribution in [0.2, 0.25) is 0 Å². The van der Waals surface area contributed by atoms with E-state index in [2.05, 4.69) is 111 Å². The maximum atomic E-state index is 7.16. The van der Waals surface area contributed by atoms with Crippen LogP contribution in [0.3, 0.4) is 0 Å². The van der Waals surface area contributed by atoms with Crippen molar-refractivity contribution in [1.29, 1.82) is 0 Å². The summed E-state index contributed by atoms with van der Waals surface area (Å²) in [5.41, 5.74) is 2.04. The minimum atomic E-state index is -0.663. The molecule has 2 bridgehead atoms. The van der Waals surface area contributed by atoms with Gasteiger partial charge in [0, 0.05) is 17.5 Å². The van der Waals surface area contributed by atoms with Crippen molar-refractivity contribution in [2.45, 2.75) is 52.4 Å². The molecule has 0 radical (unpaired) electrons. The molecule has 4 atom stereocenters. The summed E-state index contributed by atoms with van der Waals surface area (Å²) in [6.45, 7) is 9.51. The van der Waals surface area contributed by atoms with Crippen molar-refractivity contribution in [2.75, 3.05) is 13.1 Å². The number of ether oxygens (including phenoxy) is 1. The molecular weight excluding hydrogens is 433 g/mol. The van der Waals surface area contributed by atoms with Gasteiger partial charge < -0.3 is 4.74 Å². The fraction of sp³-hybridized carbons (Fsp3) is 0.419. The number of hydrogen-bond donors (Lipinski definition) is 0. The third-order valence-corrected chi connectivity index (χ3v) is 11.9. The minimum Gasteiger partial charge on any atom is -0.355 e. The molecule has 1 saturated heterocycles. The third kappa shape index (κ3) is 3.34. The van der Waals surface area contributed by atoms with Crippen molar-refractivity contribution in [1.82, 2.24) is 4.90 Å². The van der Waals surface area contributed by atoms with E-state index in [0.29, 0.717) is 16.9 Å². The van der Waals surface area contributed by atoms with Gasteiger partial charge in [-0.3, -0.25) is 4.90 Å². The summed E-state index contributed by atoms with van der Waals surface area (Å²) in [5.74, 6) is 0.802. The highest BCUT2D eigenvalue weighted by Gasteiger charge is 2.67. The Bertz CT molecular complexity index is 1110. The monoisotopic (exact) mass is 469 g/mol. The van der Waals surface area contributed by atoms with Crippen LogP contribution < -0.4 is 15.9 Å². The molecule has 1 heterocycles. The van der Waals surface area contributed by atoms with Gasteiger partial charge >= 0.3 is 0 Å². The summed E-state index contributed by atoms with van der Waals surface area (Å²) in [6, 6.07) is 31.2. The zero-order valence-electron chi connectivity index (χ0n) is 20.7. The van der Waals surface area contributed by atoms with Crippen LogP contribution in [0.4, 0.5) is 0 Å². The van der Waals surface area contributed by atoms with Gasteiger partial charge in [0.05, 0.1) is 6.10 Å². The van der Waals surface area contributed by atoms with Crippen LogP contribution in [0.15, 0.2) is 84.9 Å². The second-order valence-electron chi connectivity index (χ2n) is 11.0. The minimum absolute atomic E-state index is 0.0319. The average molecular weight is 470 g/mol. The molecule has 34 heavy (non-hydrogen) atoms. The van der Waals surface area contributed by atoms with Crippen molar-refractivity contribution in [3.05, 3.63) is 90.5 Å². The van der Waals surface area contributed by atoms with Gasteiger partial charge in [0.1, 0.15) is 6.23 Å². The SMILES string of the molecule is CCN1C[C@]23CC[C@H](C[C@H]2O[C@H]1c1ccccc1P(c1ccccc1)c1ccccc1)C3(C)C. The molecule has 3 aromatic rings. The molecule has 3 aliphatic rings. The summed E-state index contributed by atoms with van der Waals surface area (Å²) in [5, 5.41) is 4.22. The predicted octanol–water partition coefficient (Wildman–Crippen LogP) is 5.99. The fourth-order valence-corrected chi connectivity index (χ4v) is 9.75. The lowest BCUT2D eigenvalue weighted by atomic mass is 9.67. The van der Waals surface area contributed by atoms with E-state index in [4.69, 9.17) is 4.74 Å². The Hall–Kier alpha value is -1.99. The molecule has 1 spiro atoms. The van der Waals surface area contributed by atoms with Crippen LogP contribution in [0.25, 0.3) is 0 Å². The number of hydrogen-bond acceptors (Lipinski definition) is 2. The van der Waals surface area contributed by atoms with Gasteiger partial charge in [-0.15, -0.1) is 0 Å². The Morgan fingerprint density at radius 3 is 2.12 bits per heavy atom. The van der Waals surface area contributed by atoms with Gasteiger partial charge in [0.25, 0.3) is 0 Å². The summed E-state index contributed by atoms with van der Waals surface area (Å²) in [4.78, 5) is 2.63. The molecule has 0 unspecified atom stereocenters. The van der Waals surface area contributed by atoms with E-state index in [1.165, 1.54) is 40.7 Å². The molecule has 176 valence electrons. The van der Waals surface area contributed by atoms with Crippen molar-refractivity contribution in [3.63, 3.8) is 0 Å². The molecule has 2 aliphatic carbocycles. The molecule has 0 amide bonds. The lowest BCUT2D eigenvalue weighted by Gasteiger charge is -2.53. The van der Waals surface area contributed by atoms with Gasteiger partial charge in [-0.2, -0.15) is 0 Å². The summed E-state index contributed by atoms with van der Waals surface area (Å²) in [7, 11) is -0.663. The van der Waals surface area contributed by atoms with Crippen LogP contribution in [-0.2, 0) is 4.74 Å². The summed E-state index contributed by atoms with van der Waals surface area (Å²) >= 11 is 0. The van der Waals surface area contributed by atoms with Crippen LogP contribution >= 0.6 is 7.92 Å². The smallest absolute Gasteiger partial charge is 0.137 e. The van der Waals surface area contributed by atoms with Crippen molar-refractivity contribution in [3.8, 4) is 0 Å². The van der Waals surface area contributed by atoms with E-state index in [1.54, 1.807) is 0 Å². The van der Waals surface area contributed by atoms with Crippen LogP contribution in [-0.4, -0.2) is 24.1 Å². The number of benzene rings is 3. The topological polar surface area (TPSA) is 12.5 Å². The lowest BCUT2D eigenvalue weighted by molar-refractivity contribution is -0.211. The molecule has 0 aromatic heterocycles. The third-order valence-electron chi connectivity index (χ3n) is 9.35. The Morgan fingerprint density at radius 1 is 0.882 bits per heavy atom. The van der Waals surface area contributed by atoms with Crippen LogP contribution in [0.5, 0.6) is 0 Å². The van der Waals surface area contributed by atoms with E-state index < -0.39 is 7.92 Å². The Balaban J connectivity index is 1.44. The Kier molecular flexibility index (Phi) is 5.68. The van der Waals surface area contributed by atoms with Crippen molar-refractivity contribution < 1.29 is 4.74 Å². The quantitative estimate of drug-likeness (QED) is 0.426. The first kappa shape index (κ1) is 22.5. The molecule has 2 saturated carbocycles. The molecule has 3 fully saturated rings. The first-order chi connectivity index (χ1) is 16.5. The molecule has 6 rings (SSSR count). The maximum absolute atomic E-state index is 7.16. The normalized spacial score (nSPS) is 29.9. The number of rotatable bonds is 5. The van der Waals surface area contributed by atoms with Gasteiger partial charge in [-0.25, -0.2) is 0 Å². The van der Waals surface area contributed by atoms with Crippen LogP contribution in [0, 0.1) is 16.7 Å². The van der Waals surface area contributed by atoms with Crippen LogP contribution in [0.1, 0.15) is 51.8 Å². The highest BCUT2D eigenvalue weighted by atomic mass is 31.1. The molecule has 2 nitrogen and oxygen atoms in total. The molecule has 3 heteroatoms. The number of nitrogens with zero attached hydrogens (tertiary/aromatic N) is 1. The largest absolute Gasteiger partial charge is 0.355 e. The van der Waals surface area contributed by atoms with Gasteiger partial charge in [-0.1, -0.05) is 106 Å². The average Bonchev–Trinajstić information content (AvgIpc) is 3.25. The first-order valence-electron chi connectivity index (χ1n) is 12.9. The van der Waals surface area contributed by atoms with E-state index in [-0.39, 0.29) is 6.23 Å².